The quantitative estimate of drug-likeness (QED) is 0.494. The third-order valence-electron chi connectivity index (χ3n) is 0.801. The van der Waals surface area contributed by atoms with E-state index in [-0.39, 0.29) is 11.6 Å². The summed E-state index contributed by atoms with van der Waals surface area (Å²) >= 11 is 1.17. The average molecular weight is 195 g/mol. The molecule has 0 rings (SSSR count). The number of rotatable bonds is 2. The summed E-state index contributed by atoms with van der Waals surface area (Å²) in [5.74, 6) is -0.0706. The van der Waals surface area contributed by atoms with E-state index in [0.29, 0.717) is 6.42 Å². The van der Waals surface area contributed by atoms with Gasteiger partial charge in [-0.3, -0.25) is 0 Å². The maximum atomic E-state index is 10.9. The van der Waals surface area contributed by atoms with E-state index in [2.05, 4.69) is 0 Å². The van der Waals surface area contributed by atoms with Crippen LogP contribution in [0.1, 0.15) is 27.2 Å². The van der Waals surface area contributed by atoms with Gasteiger partial charge >= 0.3 is 71.6 Å². The van der Waals surface area contributed by atoms with E-state index in [1.54, 1.807) is 0 Å². The molecule has 0 N–H and O–H groups in total. The van der Waals surface area contributed by atoms with Crippen LogP contribution in [0.25, 0.3) is 0 Å². The number of esters is 1. The molecule has 0 atom stereocenters. The van der Waals surface area contributed by atoms with Crippen LogP contribution in [0.4, 0.5) is 0 Å². The Morgan fingerprint density at radius 2 is 2.00 bits per heavy atom. The maximum absolute atomic E-state index is 10.9. The molecule has 0 aliphatic heterocycles. The van der Waals surface area contributed by atoms with E-state index >= 15 is 0 Å². The molecule has 0 bridgehead atoms. The molecule has 0 heterocycles. The van der Waals surface area contributed by atoms with Crippen LogP contribution in [0.3, 0.4) is 0 Å². The van der Waals surface area contributed by atoms with Crippen molar-refractivity contribution in [3.05, 3.63) is 0 Å². The summed E-state index contributed by atoms with van der Waals surface area (Å²) in [6.45, 7) is 5.66. The van der Waals surface area contributed by atoms with Crippen molar-refractivity contribution >= 4 is 5.97 Å². The zero-order valence-corrected chi connectivity index (χ0v) is 9.90. The number of ether oxygens (including phenoxy) is 1. The van der Waals surface area contributed by atoms with Gasteiger partial charge in [0.2, 0.25) is 0 Å². The molecule has 0 amide bonds. The Balaban J connectivity index is 3.58. The first kappa shape index (κ1) is 10.1. The summed E-state index contributed by atoms with van der Waals surface area (Å²) < 4.78 is 5.06. The van der Waals surface area contributed by atoms with Crippen molar-refractivity contribution in [2.75, 3.05) is 0 Å². The first-order chi connectivity index (χ1) is 4.45. The van der Waals surface area contributed by atoms with Crippen LogP contribution in [0.15, 0.2) is 0 Å². The normalized spacial score (nSPS) is 11.3. The fourth-order valence-corrected chi connectivity index (χ4v) is 1.14. The Morgan fingerprint density at radius 3 is 2.30 bits per heavy atom. The minimum absolute atomic E-state index is 0.0706. The Kier molecular flexibility index (Phi) is 4.11. The second kappa shape index (κ2) is 4.07. The molecule has 0 radical (unpaired) electrons. The fraction of sp³-hybridized carbons (Fsp3) is 0.857. The van der Waals surface area contributed by atoms with Crippen LogP contribution in [-0.2, 0) is 27.8 Å². The van der Waals surface area contributed by atoms with Gasteiger partial charge in [-0.2, -0.15) is 0 Å². The van der Waals surface area contributed by atoms with Crippen molar-refractivity contribution in [3.63, 3.8) is 0 Å². The molecule has 0 saturated heterocycles. The van der Waals surface area contributed by atoms with Crippen molar-refractivity contribution in [1.82, 2.24) is 0 Å². The van der Waals surface area contributed by atoms with Crippen molar-refractivity contribution in [2.45, 2.75) is 37.8 Å². The van der Waals surface area contributed by atoms with Gasteiger partial charge in [-0.1, -0.05) is 0 Å². The number of hydrogen-bond donors (Lipinski definition) is 0. The van der Waals surface area contributed by atoms with Crippen LogP contribution >= 0.6 is 0 Å². The summed E-state index contributed by atoms with van der Waals surface area (Å²) in [5.41, 5.74) is -0.313. The molecular formula is C7H13O2Zn+. The molecule has 0 fully saturated rings. The number of hydrogen-bond acceptors (Lipinski definition) is 2. The van der Waals surface area contributed by atoms with Gasteiger partial charge in [-0.05, 0) is 0 Å². The Hall–Kier alpha value is 0.0934. The fourth-order valence-electron chi connectivity index (χ4n) is 0.537. The van der Waals surface area contributed by atoms with Crippen molar-refractivity contribution in [2.24, 2.45) is 0 Å². The predicted octanol–water partition coefficient (Wildman–Crippen LogP) is 1.68. The summed E-state index contributed by atoms with van der Waals surface area (Å²) in [6, 6.07) is 0. The average Bonchev–Trinajstić information content (AvgIpc) is 1.59. The zero-order valence-electron chi connectivity index (χ0n) is 6.94. The Bertz CT molecular complexity index is 115. The zero-order chi connectivity index (χ0) is 8.20. The second-order valence-electron chi connectivity index (χ2n) is 3.19. The van der Waals surface area contributed by atoms with Crippen LogP contribution in [0, 0.1) is 0 Å². The van der Waals surface area contributed by atoms with Gasteiger partial charge in [0.15, 0.2) is 0 Å². The van der Waals surface area contributed by atoms with Gasteiger partial charge in [-0.25, -0.2) is 0 Å². The first-order valence-corrected chi connectivity index (χ1v) is 5.56. The van der Waals surface area contributed by atoms with Gasteiger partial charge < -0.3 is 0 Å². The van der Waals surface area contributed by atoms with E-state index < -0.39 is 0 Å². The van der Waals surface area contributed by atoms with Gasteiger partial charge in [0.25, 0.3) is 0 Å². The molecule has 54 valence electrons. The summed E-state index contributed by atoms with van der Waals surface area (Å²) in [4.78, 5) is 10.9. The third kappa shape index (κ3) is 6.22. The molecule has 0 aromatic heterocycles. The van der Waals surface area contributed by atoms with Crippen LogP contribution in [-0.4, -0.2) is 11.6 Å². The van der Waals surface area contributed by atoms with Crippen LogP contribution in [0.2, 0.25) is 5.02 Å². The summed E-state index contributed by atoms with van der Waals surface area (Å²) in [7, 11) is 0. The molecule has 0 aliphatic carbocycles. The Morgan fingerprint density at radius 1 is 1.50 bits per heavy atom. The monoisotopic (exact) mass is 193 g/mol. The second-order valence-corrected chi connectivity index (χ2v) is 4.67. The van der Waals surface area contributed by atoms with Gasteiger partial charge in [-0.15, -0.1) is 0 Å². The summed E-state index contributed by atoms with van der Waals surface area (Å²) in [5, 5.41) is 0.981. The summed E-state index contributed by atoms with van der Waals surface area (Å²) in [6.07, 6.45) is 0.581. The van der Waals surface area contributed by atoms with E-state index in [1.165, 1.54) is 18.3 Å². The molecule has 0 aliphatic rings. The van der Waals surface area contributed by atoms with Crippen LogP contribution < -0.4 is 0 Å². The van der Waals surface area contributed by atoms with Gasteiger partial charge in [0, 0.05) is 0 Å². The molecule has 0 aromatic carbocycles. The van der Waals surface area contributed by atoms with E-state index in [0.717, 1.165) is 5.02 Å². The van der Waals surface area contributed by atoms with Crippen molar-refractivity contribution < 1.29 is 27.8 Å². The van der Waals surface area contributed by atoms with E-state index in [1.807, 2.05) is 20.8 Å². The Labute approximate surface area is 72.0 Å². The van der Waals surface area contributed by atoms with E-state index in [9.17, 15) is 4.79 Å². The molecule has 3 heteroatoms. The SMILES string of the molecule is CC(C)(C)OC(=O)C[CH2][Zn+]. The predicted molar refractivity (Wildman–Crippen MR) is 35.3 cm³/mol. The molecule has 2 nitrogen and oxygen atoms in total. The minimum atomic E-state index is -0.313. The topological polar surface area (TPSA) is 26.3 Å². The molecular weight excluding hydrogens is 181 g/mol. The third-order valence-corrected chi connectivity index (χ3v) is 1.54. The number of carbonyl (C=O) groups is 1. The van der Waals surface area contributed by atoms with Gasteiger partial charge in [0.1, 0.15) is 0 Å². The molecule has 0 aromatic rings. The van der Waals surface area contributed by atoms with E-state index in [4.69, 9.17) is 4.74 Å². The van der Waals surface area contributed by atoms with Crippen molar-refractivity contribution in [3.8, 4) is 0 Å². The number of carbonyl (C=O) groups excluding carboxylic acids is 1. The standard InChI is InChI=1S/C7H13O2.Zn/c1-5-6(8)9-7(2,3)4;/h1,5H2,2-4H3;/q;+1. The van der Waals surface area contributed by atoms with Crippen LogP contribution in [0.5, 0.6) is 0 Å². The molecule has 0 saturated carbocycles. The molecule has 0 spiro atoms. The van der Waals surface area contributed by atoms with Gasteiger partial charge in [0.05, 0.1) is 0 Å². The molecule has 0 unspecified atom stereocenters. The van der Waals surface area contributed by atoms with Crippen molar-refractivity contribution in [1.29, 1.82) is 0 Å². The first-order valence-electron chi connectivity index (χ1n) is 3.47. The molecule has 10 heavy (non-hydrogen) atoms.